The first-order chi connectivity index (χ1) is 5.47. The predicted octanol–water partition coefficient (Wildman–Crippen LogP) is 2.01. The number of hydrogen-bond acceptors (Lipinski definition) is 1. The largest absolute Gasteiger partial charge is 0.322 e. The minimum Gasteiger partial charge on any atom is -0.322 e. The molecular weight excluding hydrogens is 136 g/mol. The first-order valence-corrected chi connectivity index (χ1v) is 3.50. The molecular formula is C9H8N2. The highest BCUT2D eigenvalue weighted by Gasteiger charge is 1.91. The highest BCUT2D eigenvalue weighted by atomic mass is 14.9. The Morgan fingerprint density at radius 2 is 2.36 bits per heavy atom. The number of fused-ring (bicyclic) bond motifs is 1. The summed E-state index contributed by atoms with van der Waals surface area (Å²) in [6, 6.07) is 4.06. The Morgan fingerprint density at radius 3 is 3.36 bits per heavy atom. The third kappa shape index (κ3) is 1.15. The lowest BCUT2D eigenvalue weighted by atomic mass is 10.4. The van der Waals surface area contributed by atoms with Crippen molar-refractivity contribution < 1.29 is 0 Å². The second-order valence-electron chi connectivity index (χ2n) is 2.30. The van der Waals surface area contributed by atoms with E-state index in [4.69, 9.17) is 0 Å². The zero-order valence-corrected chi connectivity index (χ0v) is 6.01. The summed E-state index contributed by atoms with van der Waals surface area (Å²) in [5.74, 6) is 0. The van der Waals surface area contributed by atoms with Crippen molar-refractivity contribution in [3.8, 4) is 0 Å². The smallest absolute Gasteiger partial charge is 0.0451 e. The van der Waals surface area contributed by atoms with Gasteiger partial charge in [0.25, 0.3) is 0 Å². The van der Waals surface area contributed by atoms with Gasteiger partial charge in [0.1, 0.15) is 0 Å². The second kappa shape index (κ2) is 2.58. The van der Waals surface area contributed by atoms with Gasteiger partial charge in [-0.05, 0) is 24.3 Å². The Balaban J connectivity index is 2.52. The molecule has 0 bridgehead atoms. The number of hydrogen-bond donors (Lipinski definition) is 0. The molecule has 0 N–H and O–H groups in total. The monoisotopic (exact) mass is 144 g/mol. The third-order valence-corrected chi connectivity index (χ3v) is 1.56. The van der Waals surface area contributed by atoms with Crippen molar-refractivity contribution >= 4 is 18.5 Å². The van der Waals surface area contributed by atoms with Crippen LogP contribution in [0.1, 0.15) is 5.69 Å². The van der Waals surface area contributed by atoms with Crippen molar-refractivity contribution in [2.24, 2.45) is 4.99 Å². The fourth-order valence-electron chi connectivity index (χ4n) is 1.04. The van der Waals surface area contributed by atoms with E-state index in [9.17, 15) is 0 Å². The minimum atomic E-state index is 1.17. The van der Waals surface area contributed by atoms with E-state index in [-0.39, 0.29) is 0 Å². The molecule has 0 aliphatic carbocycles. The normalized spacial score (nSPS) is 22.9. The molecule has 0 atom stereocenters. The minimum absolute atomic E-state index is 1.17. The van der Waals surface area contributed by atoms with Crippen molar-refractivity contribution in [3.63, 3.8) is 0 Å². The number of rotatable bonds is 0. The van der Waals surface area contributed by atoms with Crippen LogP contribution < -0.4 is 0 Å². The zero-order chi connectivity index (χ0) is 7.52. The Morgan fingerprint density at radius 1 is 1.36 bits per heavy atom. The average molecular weight is 144 g/mol. The molecule has 1 aromatic rings. The molecule has 0 spiro atoms. The van der Waals surface area contributed by atoms with Crippen molar-refractivity contribution in [1.82, 2.24) is 4.57 Å². The molecule has 0 fully saturated rings. The lowest BCUT2D eigenvalue weighted by molar-refractivity contribution is 1.14. The van der Waals surface area contributed by atoms with Crippen molar-refractivity contribution in [2.45, 2.75) is 0 Å². The Kier molecular flexibility index (Phi) is 1.44. The first kappa shape index (κ1) is 6.16. The molecule has 2 nitrogen and oxygen atoms in total. The van der Waals surface area contributed by atoms with Crippen LogP contribution in [0.15, 0.2) is 35.6 Å². The summed E-state index contributed by atoms with van der Waals surface area (Å²) < 4.78 is 2.02. The summed E-state index contributed by atoms with van der Waals surface area (Å²) in [5, 5.41) is 0. The van der Waals surface area contributed by atoms with Gasteiger partial charge in [-0.25, -0.2) is 0 Å². The summed E-state index contributed by atoms with van der Waals surface area (Å²) in [5.41, 5.74) is 1.17. The van der Waals surface area contributed by atoms with Gasteiger partial charge in [-0.15, -0.1) is 0 Å². The van der Waals surface area contributed by atoms with Gasteiger partial charge in [0, 0.05) is 30.5 Å². The van der Waals surface area contributed by atoms with E-state index >= 15 is 0 Å². The Bertz CT molecular complexity index is 299. The topological polar surface area (TPSA) is 17.3 Å². The van der Waals surface area contributed by atoms with E-state index in [1.165, 1.54) is 5.69 Å². The van der Waals surface area contributed by atoms with Crippen LogP contribution in [0, 0.1) is 0 Å². The summed E-state index contributed by atoms with van der Waals surface area (Å²) in [7, 11) is 0. The van der Waals surface area contributed by atoms with Crippen LogP contribution >= 0.6 is 0 Å². The molecule has 2 rings (SSSR count). The van der Waals surface area contributed by atoms with Crippen molar-refractivity contribution in [3.05, 3.63) is 36.3 Å². The molecule has 0 saturated heterocycles. The van der Waals surface area contributed by atoms with E-state index in [1.807, 2.05) is 35.2 Å². The van der Waals surface area contributed by atoms with Crippen LogP contribution in [-0.2, 0) is 0 Å². The lowest BCUT2D eigenvalue weighted by Gasteiger charge is -1.97. The zero-order valence-electron chi connectivity index (χ0n) is 6.01. The van der Waals surface area contributed by atoms with E-state index < -0.39 is 0 Å². The fraction of sp³-hybridized carbons (Fsp3) is 0. The molecule has 1 aromatic heterocycles. The van der Waals surface area contributed by atoms with Crippen molar-refractivity contribution in [2.75, 3.05) is 0 Å². The molecule has 0 amide bonds. The van der Waals surface area contributed by atoms with Crippen molar-refractivity contribution in [1.29, 1.82) is 0 Å². The molecule has 0 saturated carbocycles. The number of aromatic nitrogens is 1. The molecule has 54 valence electrons. The molecule has 0 unspecified atom stereocenters. The first-order valence-electron chi connectivity index (χ1n) is 3.50. The summed E-state index contributed by atoms with van der Waals surface area (Å²) in [6.07, 6.45) is 11.4. The van der Waals surface area contributed by atoms with Crippen LogP contribution in [0.25, 0.3) is 12.3 Å². The van der Waals surface area contributed by atoms with Gasteiger partial charge >= 0.3 is 0 Å². The Labute approximate surface area is 65.2 Å². The second-order valence-corrected chi connectivity index (χ2v) is 2.30. The maximum absolute atomic E-state index is 4.00. The van der Waals surface area contributed by atoms with E-state index in [1.54, 1.807) is 12.4 Å². The Hall–Kier alpha value is -1.57. The highest BCUT2D eigenvalue weighted by Crippen LogP contribution is 2.06. The maximum atomic E-state index is 4.00. The number of aliphatic imine (C=N–C) groups is 1. The fourth-order valence-corrected chi connectivity index (χ4v) is 1.04. The van der Waals surface area contributed by atoms with Gasteiger partial charge < -0.3 is 4.57 Å². The van der Waals surface area contributed by atoms with Crippen LogP contribution in [0.4, 0.5) is 0 Å². The molecule has 0 radical (unpaired) electrons. The molecule has 0 aromatic carbocycles. The number of nitrogens with zero attached hydrogens (tertiary/aromatic N) is 2. The molecule has 2 heteroatoms. The van der Waals surface area contributed by atoms with Crippen LogP contribution in [0.2, 0.25) is 0 Å². The van der Waals surface area contributed by atoms with E-state index in [0.717, 1.165) is 0 Å². The maximum Gasteiger partial charge on any atom is 0.0451 e. The summed E-state index contributed by atoms with van der Waals surface area (Å²) >= 11 is 0. The van der Waals surface area contributed by atoms with Crippen LogP contribution in [-0.4, -0.2) is 10.8 Å². The van der Waals surface area contributed by atoms with E-state index in [0.29, 0.717) is 0 Å². The molecule has 2 heterocycles. The number of allylic oxidation sites excluding steroid dienone is 1. The highest BCUT2D eigenvalue weighted by molar-refractivity contribution is 5.79. The standard InChI is InChI=1S/C9H8N2/c1-3-9-4-2-7-11(9)8-6-10-5-1/h1-8H/b3-1-,8-6-,10-5-. The van der Waals surface area contributed by atoms with Gasteiger partial charge in [0.15, 0.2) is 0 Å². The third-order valence-electron chi connectivity index (χ3n) is 1.56. The van der Waals surface area contributed by atoms with Gasteiger partial charge in [0.2, 0.25) is 0 Å². The van der Waals surface area contributed by atoms with Crippen LogP contribution in [0.3, 0.4) is 0 Å². The quantitative estimate of drug-likeness (QED) is 0.530. The van der Waals surface area contributed by atoms with Crippen LogP contribution in [0.5, 0.6) is 0 Å². The molecule has 11 heavy (non-hydrogen) atoms. The molecule has 1 aliphatic rings. The summed E-state index contributed by atoms with van der Waals surface area (Å²) in [4.78, 5) is 4.00. The lowest BCUT2D eigenvalue weighted by Crippen LogP contribution is -1.87. The predicted molar refractivity (Wildman–Crippen MR) is 47.3 cm³/mol. The van der Waals surface area contributed by atoms with Gasteiger partial charge in [-0.2, -0.15) is 0 Å². The van der Waals surface area contributed by atoms with Gasteiger partial charge in [-0.1, -0.05) is 0 Å². The average Bonchev–Trinajstić information content (AvgIpc) is 2.35. The van der Waals surface area contributed by atoms with E-state index in [2.05, 4.69) is 11.1 Å². The van der Waals surface area contributed by atoms with Gasteiger partial charge in [-0.3, -0.25) is 4.99 Å². The SMILES string of the molecule is C1=C/c2cccn2\C=C/N=C\1. The van der Waals surface area contributed by atoms with Gasteiger partial charge in [0.05, 0.1) is 0 Å². The molecule has 1 aliphatic heterocycles. The summed E-state index contributed by atoms with van der Waals surface area (Å²) in [6.45, 7) is 0.